The summed E-state index contributed by atoms with van der Waals surface area (Å²) in [5.74, 6) is -0.411. The van der Waals surface area contributed by atoms with Crippen LogP contribution in [0.4, 0.5) is 8.78 Å². The normalized spacial score (nSPS) is 12.2. The maximum Gasteiger partial charge on any atom is 0.126 e. The summed E-state index contributed by atoms with van der Waals surface area (Å²) in [6, 6.07) is 11.0. The lowest BCUT2D eigenvalue weighted by atomic mass is 9.91. The molecule has 1 unspecified atom stereocenters. The molecule has 0 aromatic heterocycles. The van der Waals surface area contributed by atoms with Gasteiger partial charge in [0.25, 0.3) is 0 Å². The number of hydrogen-bond acceptors (Lipinski definition) is 2. The molecule has 0 saturated heterocycles. The quantitative estimate of drug-likeness (QED) is 0.910. The standard InChI is InChI=1S/C16H17F2NO/c1-20-14-4-2-3-11(8-14)7-12(10-19)15-9-13(17)5-6-16(15)18/h2-6,8-9,12H,7,10,19H2,1H3. The zero-order valence-corrected chi connectivity index (χ0v) is 11.3. The van der Waals surface area contributed by atoms with E-state index in [-0.39, 0.29) is 12.5 Å². The minimum Gasteiger partial charge on any atom is -0.497 e. The van der Waals surface area contributed by atoms with Crippen LogP contribution in [0, 0.1) is 11.6 Å². The predicted octanol–water partition coefficient (Wildman–Crippen LogP) is 3.26. The molecule has 0 aliphatic heterocycles. The fourth-order valence-corrected chi connectivity index (χ4v) is 2.23. The summed E-state index contributed by atoms with van der Waals surface area (Å²) in [4.78, 5) is 0. The minimum absolute atomic E-state index is 0.248. The number of methoxy groups -OCH3 is 1. The highest BCUT2D eigenvalue weighted by Crippen LogP contribution is 2.25. The predicted molar refractivity (Wildman–Crippen MR) is 74.9 cm³/mol. The Morgan fingerprint density at radius 1 is 1.15 bits per heavy atom. The highest BCUT2D eigenvalue weighted by molar-refractivity contribution is 5.31. The van der Waals surface area contributed by atoms with Crippen molar-refractivity contribution in [2.24, 2.45) is 5.73 Å². The number of halogens is 2. The van der Waals surface area contributed by atoms with Crippen LogP contribution < -0.4 is 10.5 Å². The second kappa shape index (κ2) is 6.48. The van der Waals surface area contributed by atoms with Gasteiger partial charge in [-0.25, -0.2) is 8.78 Å². The van der Waals surface area contributed by atoms with Crippen LogP contribution in [0.5, 0.6) is 5.75 Å². The molecule has 0 spiro atoms. The van der Waals surface area contributed by atoms with Gasteiger partial charge in [-0.05, 0) is 54.4 Å². The van der Waals surface area contributed by atoms with E-state index in [1.807, 2.05) is 24.3 Å². The summed E-state index contributed by atoms with van der Waals surface area (Å²) in [7, 11) is 1.59. The second-order valence-corrected chi connectivity index (χ2v) is 4.65. The smallest absolute Gasteiger partial charge is 0.126 e. The van der Waals surface area contributed by atoms with Crippen molar-refractivity contribution >= 4 is 0 Å². The Hall–Kier alpha value is -1.94. The number of benzene rings is 2. The van der Waals surface area contributed by atoms with E-state index < -0.39 is 11.6 Å². The molecule has 0 aliphatic carbocycles. The zero-order chi connectivity index (χ0) is 14.5. The molecule has 0 aliphatic rings. The van der Waals surface area contributed by atoms with Gasteiger partial charge in [0.2, 0.25) is 0 Å². The van der Waals surface area contributed by atoms with Crippen molar-refractivity contribution < 1.29 is 13.5 Å². The SMILES string of the molecule is COc1cccc(CC(CN)c2cc(F)ccc2F)c1. The van der Waals surface area contributed by atoms with Crippen LogP contribution in [0.1, 0.15) is 17.0 Å². The van der Waals surface area contributed by atoms with E-state index in [2.05, 4.69) is 0 Å². The van der Waals surface area contributed by atoms with E-state index in [0.717, 1.165) is 23.4 Å². The van der Waals surface area contributed by atoms with Crippen LogP contribution in [0.15, 0.2) is 42.5 Å². The molecular formula is C16H17F2NO. The number of rotatable bonds is 5. The highest BCUT2D eigenvalue weighted by Gasteiger charge is 2.16. The summed E-state index contributed by atoms with van der Waals surface area (Å²) in [5.41, 5.74) is 7.01. The minimum atomic E-state index is -0.453. The molecule has 2 N–H and O–H groups in total. The van der Waals surface area contributed by atoms with Crippen molar-refractivity contribution in [2.75, 3.05) is 13.7 Å². The lowest BCUT2D eigenvalue weighted by molar-refractivity contribution is 0.414. The largest absolute Gasteiger partial charge is 0.497 e. The van der Waals surface area contributed by atoms with Crippen molar-refractivity contribution in [1.82, 2.24) is 0 Å². The summed E-state index contributed by atoms with van der Waals surface area (Å²) >= 11 is 0. The summed E-state index contributed by atoms with van der Waals surface area (Å²) in [6.07, 6.45) is 0.536. The molecule has 106 valence electrons. The second-order valence-electron chi connectivity index (χ2n) is 4.65. The fraction of sp³-hybridized carbons (Fsp3) is 0.250. The van der Waals surface area contributed by atoms with Gasteiger partial charge >= 0.3 is 0 Å². The average molecular weight is 277 g/mol. The van der Waals surface area contributed by atoms with Gasteiger partial charge in [-0.2, -0.15) is 0 Å². The Kier molecular flexibility index (Phi) is 4.69. The molecule has 0 saturated carbocycles. The fourth-order valence-electron chi connectivity index (χ4n) is 2.23. The van der Waals surface area contributed by atoms with Gasteiger partial charge in [0.15, 0.2) is 0 Å². The van der Waals surface area contributed by atoms with E-state index in [4.69, 9.17) is 10.5 Å². The molecule has 2 aromatic carbocycles. The van der Waals surface area contributed by atoms with E-state index in [0.29, 0.717) is 12.0 Å². The molecular weight excluding hydrogens is 260 g/mol. The molecule has 4 heteroatoms. The third kappa shape index (κ3) is 3.33. The molecule has 0 radical (unpaired) electrons. The van der Waals surface area contributed by atoms with Crippen LogP contribution in [-0.2, 0) is 6.42 Å². The average Bonchev–Trinajstić information content (AvgIpc) is 2.47. The maximum atomic E-state index is 13.8. The van der Waals surface area contributed by atoms with Crippen LogP contribution >= 0.6 is 0 Å². The molecule has 0 amide bonds. The Morgan fingerprint density at radius 3 is 2.65 bits per heavy atom. The molecule has 20 heavy (non-hydrogen) atoms. The van der Waals surface area contributed by atoms with Gasteiger partial charge in [0.05, 0.1) is 7.11 Å². The van der Waals surface area contributed by atoms with Gasteiger partial charge < -0.3 is 10.5 Å². The first kappa shape index (κ1) is 14.5. The topological polar surface area (TPSA) is 35.2 Å². The van der Waals surface area contributed by atoms with Gasteiger partial charge in [-0.3, -0.25) is 0 Å². The van der Waals surface area contributed by atoms with Gasteiger partial charge in [0, 0.05) is 5.92 Å². The first-order valence-electron chi connectivity index (χ1n) is 6.42. The lowest BCUT2D eigenvalue weighted by Gasteiger charge is -2.16. The van der Waals surface area contributed by atoms with E-state index in [1.54, 1.807) is 7.11 Å². The van der Waals surface area contributed by atoms with E-state index in [9.17, 15) is 8.78 Å². The zero-order valence-electron chi connectivity index (χ0n) is 11.3. The Morgan fingerprint density at radius 2 is 1.95 bits per heavy atom. The van der Waals surface area contributed by atoms with Crippen molar-refractivity contribution in [3.63, 3.8) is 0 Å². The number of hydrogen-bond donors (Lipinski definition) is 1. The van der Waals surface area contributed by atoms with Crippen LogP contribution in [0.25, 0.3) is 0 Å². The van der Waals surface area contributed by atoms with Crippen LogP contribution in [-0.4, -0.2) is 13.7 Å². The van der Waals surface area contributed by atoms with Gasteiger partial charge in [-0.1, -0.05) is 12.1 Å². The van der Waals surface area contributed by atoms with Crippen molar-refractivity contribution in [3.8, 4) is 5.75 Å². The third-order valence-electron chi connectivity index (χ3n) is 3.30. The van der Waals surface area contributed by atoms with E-state index >= 15 is 0 Å². The lowest BCUT2D eigenvalue weighted by Crippen LogP contribution is -2.16. The van der Waals surface area contributed by atoms with Crippen LogP contribution in [0.3, 0.4) is 0 Å². The number of ether oxygens (including phenoxy) is 1. The van der Waals surface area contributed by atoms with Crippen molar-refractivity contribution in [1.29, 1.82) is 0 Å². The van der Waals surface area contributed by atoms with Crippen LogP contribution in [0.2, 0.25) is 0 Å². The molecule has 2 aromatic rings. The van der Waals surface area contributed by atoms with Gasteiger partial charge in [-0.15, -0.1) is 0 Å². The van der Waals surface area contributed by atoms with Crippen molar-refractivity contribution in [3.05, 3.63) is 65.2 Å². The Balaban J connectivity index is 2.26. The monoisotopic (exact) mass is 277 g/mol. The summed E-state index contributed by atoms with van der Waals surface area (Å²) in [6.45, 7) is 0.248. The molecule has 0 bridgehead atoms. The van der Waals surface area contributed by atoms with Gasteiger partial charge in [0.1, 0.15) is 17.4 Å². The first-order valence-corrected chi connectivity index (χ1v) is 6.42. The first-order chi connectivity index (χ1) is 9.63. The third-order valence-corrected chi connectivity index (χ3v) is 3.30. The Bertz CT molecular complexity index is 586. The Labute approximate surface area is 117 Å². The molecule has 0 fully saturated rings. The summed E-state index contributed by atoms with van der Waals surface area (Å²) < 4.78 is 32.2. The highest BCUT2D eigenvalue weighted by atomic mass is 19.1. The van der Waals surface area contributed by atoms with Crippen molar-refractivity contribution in [2.45, 2.75) is 12.3 Å². The molecule has 1 atom stereocenters. The number of nitrogens with two attached hydrogens (primary N) is 1. The van der Waals surface area contributed by atoms with E-state index in [1.165, 1.54) is 6.07 Å². The molecule has 2 rings (SSSR count). The maximum absolute atomic E-state index is 13.8. The summed E-state index contributed by atoms with van der Waals surface area (Å²) in [5, 5.41) is 0. The molecule has 0 heterocycles. The molecule has 2 nitrogen and oxygen atoms in total.